The molecule has 0 aromatic carbocycles. The zero-order valence-electron chi connectivity index (χ0n) is 15.4. The molecule has 0 heterocycles. The van der Waals surface area contributed by atoms with E-state index in [1.165, 1.54) is 18.4 Å². The maximum Gasteiger partial charge on any atom is 1.00 e. The predicted octanol–water partition coefficient (Wildman–Crippen LogP) is 0.876. The first-order chi connectivity index (χ1) is 10.3. The Labute approximate surface area is 153 Å². The second-order valence-electron chi connectivity index (χ2n) is 8.52. The van der Waals surface area contributed by atoms with Gasteiger partial charge >= 0.3 is 18.9 Å². The van der Waals surface area contributed by atoms with E-state index < -0.39 is 11.4 Å². The van der Waals surface area contributed by atoms with Crippen LogP contribution in [0.2, 0.25) is 0 Å². The molecule has 122 valence electrons. The summed E-state index contributed by atoms with van der Waals surface area (Å²) in [6.45, 7) is 8.83. The standard InChI is InChI=1S/C20H30O2.Li/c1-13(2)14-6-8-16-15(12-14)7-9-17-19(16,3)10-5-11-20(17,4)18(21)22;/h7,12-13,16-17H,5-6,8-11H2,1-4H3,(H,21,22);/q;+1/p-1/t16-,17?,19+,20+;/m0./s1. The fraction of sp³-hybridized carbons (Fsp3) is 0.750. The maximum absolute atomic E-state index is 11.8. The number of carboxylic acid groups (broad SMARTS) is 1. The van der Waals surface area contributed by atoms with Crippen molar-refractivity contribution in [1.82, 2.24) is 0 Å². The summed E-state index contributed by atoms with van der Waals surface area (Å²) >= 11 is 0. The van der Waals surface area contributed by atoms with Gasteiger partial charge in [-0.1, -0.05) is 51.8 Å². The molecule has 2 nitrogen and oxygen atoms in total. The number of aliphatic carboxylic acids is 1. The summed E-state index contributed by atoms with van der Waals surface area (Å²) < 4.78 is 0. The number of carbonyl (C=O) groups is 1. The van der Waals surface area contributed by atoms with Crippen LogP contribution in [0.15, 0.2) is 23.3 Å². The number of fused-ring (bicyclic) bond motifs is 3. The Morgan fingerprint density at radius 2 is 2.00 bits per heavy atom. The van der Waals surface area contributed by atoms with Crippen molar-refractivity contribution < 1.29 is 28.8 Å². The number of hydrogen-bond acceptors (Lipinski definition) is 2. The topological polar surface area (TPSA) is 40.1 Å². The van der Waals surface area contributed by atoms with E-state index in [-0.39, 0.29) is 30.2 Å². The van der Waals surface area contributed by atoms with Crippen LogP contribution >= 0.6 is 0 Å². The SMILES string of the molecule is CC(C)C1=CC2=CCC3[C@](C)(C(=O)[O-])CCC[C@]3(C)[C@H]2CC1.[Li+]. The van der Waals surface area contributed by atoms with Gasteiger partial charge in [-0.2, -0.15) is 0 Å². The average Bonchev–Trinajstić information content (AvgIpc) is 2.46. The molecule has 3 aliphatic rings. The van der Waals surface area contributed by atoms with Crippen LogP contribution in [0.4, 0.5) is 0 Å². The van der Waals surface area contributed by atoms with Crippen LogP contribution < -0.4 is 24.0 Å². The summed E-state index contributed by atoms with van der Waals surface area (Å²) in [5, 5.41) is 11.8. The molecular weight excluding hydrogens is 279 g/mol. The summed E-state index contributed by atoms with van der Waals surface area (Å²) in [4.78, 5) is 11.8. The van der Waals surface area contributed by atoms with Crippen molar-refractivity contribution in [3.8, 4) is 0 Å². The van der Waals surface area contributed by atoms with Crippen LogP contribution in [0.25, 0.3) is 0 Å². The van der Waals surface area contributed by atoms with Gasteiger partial charge in [-0.25, -0.2) is 0 Å². The molecule has 0 bridgehead atoms. The van der Waals surface area contributed by atoms with E-state index in [0.29, 0.717) is 11.8 Å². The zero-order chi connectivity index (χ0) is 16.1. The largest absolute Gasteiger partial charge is 1.00 e. The monoisotopic (exact) mass is 308 g/mol. The molecule has 1 saturated carbocycles. The van der Waals surface area contributed by atoms with Gasteiger partial charge in [0, 0.05) is 11.4 Å². The van der Waals surface area contributed by atoms with Crippen molar-refractivity contribution in [3.05, 3.63) is 23.3 Å². The van der Waals surface area contributed by atoms with E-state index in [1.54, 1.807) is 5.57 Å². The Morgan fingerprint density at radius 1 is 1.30 bits per heavy atom. The number of allylic oxidation sites excluding steroid dienone is 4. The molecule has 23 heavy (non-hydrogen) atoms. The van der Waals surface area contributed by atoms with Crippen molar-refractivity contribution in [1.29, 1.82) is 0 Å². The van der Waals surface area contributed by atoms with E-state index in [1.807, 2.05) is 6.92 Å². The van der Waals surface area contributed by atoms with Crippen molar-refractivity contribution in [2.24, 2.45) is 28.6 Å². The molecule has 0 amide bonds. The van der Waals surface area contributed by atoms with E-state index >= 15 is 0 Å². The fourth-order valence-corrected chi connectivity index (χ4v) is 5.59. The Balaban J connectivity index is 0.00000192. The third kappa shape index (κ3) is 2.87. The van der Waals surface area contributed by atoms with Gasteiger partial charge in [-0.3, -0.25) is 0 Å². The van der Waals surface area contributed by atoms with Crippen LogP contribution in [0.1, 0.15) is 66.2 Å². The Kier molecular flexibility index (Phi) is 5.30. The van der Waals surface area contributed by atoms with E-state index in [9.17, 15) is 9.90 Å². The Morgan fingerprint density at radius 3 is 2.61 bits per heavy atom. The van der Waals surface area contributed by atoms with E-state index in [0.717, 1.165) is 25.7 Å². The summed E-state index contributed by atoms with van der Waals surface area (Å²) in [5.41, 5.74) is 2.51. The van der Waals surface area contributed by atoms with Gasteiger partial charge in [0.15, 0.2) is 0 Å². The molecule has 0 aromatic rings. The van der Waals surface area contributed by atoms with Crippen LogP contribution in [0, 0.1) is 28.6 Å². The Bertz CT molecular complexity index is 548. The summed E-state index contributed by atoms with van der Waals surface area (Å²) in [6, 6.07) is 0. The third-order valence-electron chi connectivity index (χ3n) is 7.05. The number of carbonyl (C=O) groups excluding carboxylic acids is 1. The molecule has 0 radical (unpaired) electrons. The molecule has 0 aliphatic heterocycles. The predicted molar refractivity (Wildman–Crippen MR) is 86.9 cm³/mol. The smallest absolute Gasteiger partial charge is 0.550 e. The molecule has 3 rings (SSSR count). The normalized spacial score (nSPS) is 39.5. The van der Waals surface area contributed by atoms with Crippen molar-refractivity contribution >= 4 is 5.97 Å². The minimum Gasteiger partial charge on any atom is -0.550 e. The van der Waals surface area contributed by atoms with Crippen molar-refractivity contribution in [2.75, 3.05) is 0 Å². The second-order valence-corrected chi connectivity index (χ2v) is 8.52. The first-order valence-electron chi connectivity index (χ1n) is 8.91. The quantitative estimate of drug-likeness (QED) is 0.711. The minimum atomic E-state index is -0.838. The zero-order valence-corrected chi connectivity index (χ0v) is 15.4. The summed E-state index contributed by atoms with van der Waals surface area (Å²) in [5.74, 6) is 0.538. The summed E-state index contributed by atoms with van der Waals surface area (Å²) in [7, 11) is 0. The second kappa shape index (κ2) is 6.45. The van der Waals surface area contributed by atoms with Gasteiger partial charge in [0.1, 0.15) is 0 Å². The van der Waals surface area contributed by atoms with Crippen LogP contribution in [-0.4, -0.2) is 5.97 Å². The molecule has 1 fully saturated rings. The molecule has 1 unspecified atom stereocenters. The van der Waals surface area contributed by atoms with Crippen LogP contribution in [-0.2, 0) is 4.79 Å². The first kappa shape index (κ1) is 18.9. The molecule has 0 aromatic heterocycles. The number of hydrogen-bond donors (Lipinski definition) is 0. The maximum atomic E-state index is 11.8. The van der Waals surface area contributed by atoms with E-state index in [4.69, 9.17) is 0 Å². The van der Waals surface area contributed by atoms with Gasteiger partial charge in [0.2, 0.25) is 0 Å². The molecular formula is C20H29LiO2. The summed E-state index contributed by atoms with van der Waals surface area (Å²) in [6.07, 6.45) is 11.0. The van der Waals surface area contributed by atoms with Gasteiger partial charge in [0.25, 0.3) is 0 Å². The van der Waals surface area contributed by atoms with Crippen LogP contribution in [0.3, 0.4) is 0 Å². The molecule has 4 atom stereocenters. The first-order valence-corrected chi connectivity index (χ1v) is 8.91. The van der Waals surface area contributed by atoms with Gasteiger partial charge in [0.05, 0.1) is 0 Å². The minimum absolute atomic E-state index is 0. The molecule has 0 spiro atoms. The molecule has 3 heteroatoms. The molecule has 3 aliphatic carbocycles. The van der Waals surface area contributed by atoms with Gasteiger partial charge in [-0.15, -0.1) is 0 Å². The number of carboxylic acids is 1. The van der Waals surface area contributed by atoms with Crippen molar-refractivity contribution in [3.63, 3.8) is 0 Å². The van der Waals surface area contributed by atoms with Gasteiger partial charge < -0.3 is 9.90 Å². The molecule has 0 N–H and O–H groups in total. The number of rotatable bonds is 2. The van der Waals surface area contributed by atoms with Crippen LogP contribution in [0.5, 0.6) is 0 Å². The average molecular weight is 308 g/mol. The Hall–Kier alpha value is -0.453. The van der Waals surface area contributed by atoms with Crippen molar-refractivity contribution in [2.45, 2.75) is 66.2 Å². The van der Waals surface area contributed by atoms with Gasteiger partial charge in [-0.05, 0) is 60.8 Å². The third-order valence-corrected chi connectivity index (χ3v) is 7.05. The molecule has 0 saturated heterocycles. The van der Waals surface area contributed by atoms with E-state index in [2.05, 4.69) is 32.9 Å². The fourth-order valence-electron chi connectivity index (χ4n) is 5.59.